The van der Waals surface area contributed by atoms with Crippen LogP contribution in [0.5, 0.6) is 0 Å². The van der Waals surface area contributed by atoms with E-state index >= 15 is 0 Å². The summed E-state index contributed by atoms with van der Waals surface area (Å²) in [4.78, 5) is 28.1. The number of anilines is 3. The Morgan fingerprint density at radius 1 is 1.06 bits per heavy atom. The molecule has 0 aliphatic carbocycles. The van der Waals surface area contributed by atoms with Crippen molar-refractivity contribution in [2.24, 2.45) is 5.92 Å². The van der Waals surface area contributed by atoms with Gasteiger partial charge >= 0.3 is 0 Å². The number of carbonyl (C=O) groups excluding carboxylic acids is 1. The number of nitro benzene ring substituents is 1. The number of benzene rings is 2. The predicted octanol–water partition coefficient (Wildman–Crippen LogP) is 5.21. The van der Waals surface area contributed by atoms with Gasteiger partial charge in [0.15, 0.2) is 5.11 Å². The van der Waals surface area contributed by atoms with Gasteiger partial charge in [-0.15, -0.1) is 0 Å². The molecule has 180 valence electrons. The SMILES string of the molecule is CC1CCN(c2ccc(NC(=S)NC(=O)c3ccc(N4CCCC4)c([N+](=O)[O-])c3)cc2Cl)CC1. The van der Waals surface area contributed by atoms with E-state index < -0.39 is 10.8 Å². The largest absolute Gasteiger partial charge is 0.370 e. The van der Waals surface area contributed by atoms with E-state index in [4.69, 9.17) is 23.8 Å². The molecule has 0 saturated carbocycles. The van der Waals surface area contributed by atoms with Crippen molar-refractivity contribution >= 4 is 57.6 Å². The lowest BCUT2D eigenvalue weighted by molar-refractivity contribution is -0.384. The molecule has 4 rings (SSSR count). The first-order chi connectivity index (χ1) is 16.3. The van der Waals surface area contributed by atoms with Crippen LogP contribution in [0.3, 0.4) is 0 Å². The number of thiocarbonyl (C=S) groups is 1. The van der Waals surface area contributed by atoms with Gasteiger partial charge < -0.3 is 15.1 Å². The van der Waals surface area contributed by atoms with E-state index in [-0.39, 0.29) is 16.4 Å². The number of carbonyl (C=O) groups is 1. The zero-order chi connectivity index (χ0) is 24.2. The van der Waals surface area contributed by atoms with Crippen molar-refractivity contribution in [3.8, 4) is 0 Å². The van der Waals surface area contributed by atoms with Crippen molar-refractivity contribution < 1.29 is 9.72 Å². The molecular weight excluding hydrogens is 474 g/mol. The zero-order valence-corrected chi connectivity index (χ0v) is 20.6. The van der Waals surface area contributed by atoms with Gasteiger partial charge in [-0.25, -0.2) is 0 Å². The molecule has 2 heterocycles. The van der Waals surface area contributed by atoms with Gasteiger partial charge in [0, 0.05) is 43.5 Å². The quantitative estimate of drug-likeness (QED) is 0.330. The Morgan fingerprint density at radius 3 is 2.35 bits per heavy atom. The number of rotatable bonds is 5. The number of nitro groups is 1. The average Bonchev–Trinajstić information content (AvgIpc) is 3.34. The van der Waals surface area contributed by atoms with E-state index in [0.29, 0.717) is 16.4 Å². The fourth-order valence-corrected chi connectivity index (χ4v) is 4.98. The van der Waals surface area contributed by atoms with Gasteiger partial charge in [0.25, 0.3) is 11.6 Å². The molecule has 2 aromatic rings. The first-order valence-electron chi connectivity index (χ1n) is 11.5. The molecule has 2 aliphatic heterocycles. The molecule has 0 radical (unpaired) electrons. The first kappa shape index (κ1) is 24.2. The summed E-state index contributed by atoms with van der Waals surface area (Å²) in [6.45, 7) is 5.77. The summed E-state index contributed by atoms with van der Waals surface area (Å²) in [6.07, 6.45) is 4.29. The average molecular weight is 502 g/mol. The van der Waals surface area contributed by atoms with E-state index in [2.05, 4.69) is 22.5 Å². The predicted molar refractivity (Wildman–Crippen MR) is 140 cm³/mol. The molecule has 0 bridgehead atoms. The van der Waals surface area contributed by atoms with Gasteiger partial charge in [0.1, 0.15) is 5.69 Å². The van der Waals surface area contributed by atoms with Gasteiger partial charge in [-0.2, -0.15) is 0 Å². The molecule has 0 unspecified atom stereocenters. The molecule has 34 heavy (non-hydrogen) atoms. The molecule has 0 aromatic heterocycles. The van der Waals surface area contributed by atoms with Gasteiger partial charge in [0.2, 0.25) is 0 Å². The van der Waals surface area contributed by atoms with Crippen molar-refractivity contribution in [1.29, 1.82) is 0 Å². The van der Waals surface area contributed by atoms with Crippen LogP contribution in [-0.2, 0) is 0 Å². The maximum Gasteiger partial charge on any atom is 0.293 e. The topological polar surface area (TPSA) is 90.8 Å². The van der Waals surface area contributed by atoms with Crippen molar-refractivity contribution in [1.82, 2.24) is 5.32 Å². The van der Waals surface area contributed by atoms with Crippen LogP contribution in [0.2, 0.25) is 5.02 Å². The summed E-state index contributed by atoms with van der Waals surface area (Å²) < 4.78 is 0. The van der Waals surface area contributed by atoms with Crippen molar-refractivity contribution in [3.63, 3.8) is 0 Å². The second-order valence-corrected chi connectivity index (χ2v) is 9.71. The molecule has 2 saturated heterocycles. The van der Waals surface area contributed by atoms with Crippen LogP contribution in [0.4, 0.5) is 22.7 Å². The third-order valence-electron chi connectivity index (χ3n) is 6.44. The second-order valence-electron chi connectivity index (χ2n) is 8.90. The second kappa shape index (κ2) is 10.6. The molecule has 2 fully saturated rings. The molecular formula is C24H28ClN5O3S. The van der Waals surface area contributed by atoms with Crippen molar-refractivity contribution in [2.75, 3.05) is 41.3 Å². The van der Waals surface area contributed by atoms with E-state index in [1.165, 1.54) is 6.07 Å². The molecule has 8 nitrogen and oxygen atoms in total. The monoisotopic (exact) mass is 501 g/mol. The van der Waals surface area contributed by atoms with E-state index in [9.17, 15) is 14.9 Å². The Morgan fingerprint density at radius 2 is 1.71 bits per heavy atom. The smallest absolute Gasteiger partial charge is 0.293 e. The van der Waals surface area contributed by atoms with Gasteiger partial charge in [0.05, 0.1) is 15.6 Å². The summed E-state index contributed by atoms with van der Waals surface area (Å²) in [7, 11) is 0. The van der Waals surface area contributed by atoms with Crippen LogP contribution in [0.15, 0.2) is 36.4 Å². The fourth-order valence-electron chi connectivity index (χ4n) is 4.46. The van der Waals surface area contributed by atoms with E-state index in [0.717, 1.165) is 63.5 Å². The number of piperidine rings is 1. The minimum Gasteiger partial charge on any atom is -0.370 e. The van der Waals surface area contributed by atoms with Crippen LogP contribution in [0, 0.1) is 16.0 Å². The summed E-state index contributed by atoms with van der Waals surface area (Å²) in [5.74, 6) is 0.216. The van der Waals surface area contributed by atoms with Gasteiger partial charge in [-0.3, -0.25) is 20.2 Å². The lowest BCUT2D eigenvalue weighted by Crippen LogP contribution is -2.34. The van der Waals surface area contributed by atoms with Gasteiger partial charge in [-0.1, -0.05) is 18.5 Å². The van der Waals surface area contributed by atoms with Crippen molar-refractivity contribution in [3.05, 3.63) is 57.1 Å². The number of nitrogens with zero attached hydrogens (tertiary/aromatic N) is 3. The highest BCUT2D eigenvalue weighted by molar-refractivity contribution is 7.80. The van der Waals surface area contributed by atoms with Crippen LogP contribution in [0.1, 0.15) is 43.0 Å². The third-order valence-corrected chi connectivity index (χ3v) is 6.94. The third kappa shape index (κ3) is 5.59. The highest BCUT2D eigenvalue weighted by Gasteiger charge is 2.24. The van der Waals surface area contributed by atoms with E-state index in [1.807, 2.05) is 17.0 Å². The molecule has 1 amide bonds. The number of amides is 1. The Labute approximate surface area is 209 Å². The standard InChI is InChI=1S/C24H28ClN5O3S/c1-16-8-12-29(13-9-16)20-7-5-18(15-19(20)25)26-24(34)27-23(31)17-4-6-21(22(14-17)30(32)33)28-10-2-3-11-28/h4-7,14-16H,2-3,8-13H2,1H3,(H2,26,27,31,34). The number of halogens is 1. The summed E-state index contributed by atoms with van der Waals surface area (Å²) >= 11 is 11.8. The lowest BCUT2D eigenvalue weighted by atomic mass is 9.99. The molecule has 2 aromatic carbocycles. The first-order valence-corrected chi connectivity index (χ1v) is 12.3. The minimum absolute atomic E-state index is 0.0806. The summed E-state index contributed by atoms with van der Waals surface area (Å²) in [5.41, 5.74) is 2.27. The lowest BCUT2D eigenvalue weighted by Gasteiger charge is -2.32. The number of hydrogen-bond acceptors (Lipinski definition) is 6. The van der Waals surface area contributed by atoms with Crippen LogP contribution >= 0.6 is 23.8 Å². The Kier molecular flexibility index (Phi) is 7.53. The zero-order valence-electron chi connectivity index (χ0n) is 19.1. The van der Waals surface area contributed by atoms with Crippen LogP contribution < -0.4 is 20.4 Å². The Bertz CT molecular complexity index is 1100. The molecule has 2 aliphatic rings. The molecule has 0 spiro atoms. The Hall–Kier alpha value is -2.91. The van der Waals surface area contributed by atoms with Crippen LogP contribution in [0.25, 0.3) is 0 Å². The summed E-state index contributed by atoms with van der Waals surface area (Å²) in [6, 6.07) is 10.1. The molecule has 0 atom stereocenters. The van der Waals surface area contributed by atoms with E-state index in [1.54, 1.807) is 18.2 Å². The summed E-state index contributed by atoms with van der Waals surface area (Å²) in [5, 5.41) is 17.9. The van der Waals surface area contributed by atoms with Gasteiger partial charge in [-0.05, 0) is 74.2 Å². The normalized spacial score (nSPS) is 16.4. The maximum absolute atomic E-state index is 12.7. The molecule has 2 N–H and O–H groups in total. The Balaban J connectivity index is 1.40. The van der Waals surface area contributed by atoms with Crippen LogP contribution in [-0.4, -0.2) is 42.1 Å². The molecule has 10 heteroatoms. The highest BCUT2D eigenvalue weighted by Crippen LogP contribution is 2.33. The minimum atomic E-state index is -0.515. The fraction of sp³-hybridized carbons (Fsp3) is 0.417. The number of hydrogen-bond donors (Lipinski definition) is 2. The highest BCUT2D eigenvalue weighted by atomic mass is 35.5. The maximum atomic E-state index is 12.7. The van der Waals surface area contributed by atoms with Crippen molar-refractivity contribution in [2.45, 2.75) is 32.6 Å². The number of nitrogens with one attached hydrogen (secondary N) is 2.